The molecule has 1 unspecified atom stereocenters. The molecule has 2 aromatic rings. The topological polar surface area (TPSA) is 97.3 Å². The molecule has 0 aliphatic heterocycles. The first kappa shape index (κ1) is 17.0. The first-order valence-corrected chi connectivity index (χ1v) is 8.36. The minimum absolute atomic E-state index is 0.0706. The van der Waals surface area contributed by atoms with Gasteiger partial charge in [-0.1, -0.05) is 6.08 Å². The number of carbonyl (C=O) groups is 1. The van der Waals surface area contributed by atoms with Gasteiger partial charge in [-0.2, -0.15) is 0 Å². The lowest BCUT2D eigenvalue weighted by atomic mass is 9.90. The van der Waals surface area contributed by atoms with Gasteiger partial charge < -0.3 is 15.0 Å². The van der Waals surface area contributed by atoms with E-state index in [9.17, 15) is 14.9 Å². The number of amides is 1. The number of nitro groups is 1. The fraction of sp³-hybridized carbons (Fsp3) is 0.389. The molecule has 1 amide bonds. The number of rotatable bonds is 4. The lowest BCUT2D eigenvalue weighted by Crippen LogP contribution is -2.37. The van der Waals surface area contributed by atoms with Gasteiger partial charge in [0.05, 0.1) is 16.5 Å². The van der Waals surface area contributed by atoms with Crippen LogP contribution in [0.4, 0.5) is 10.5 Å². The van der Waals surface area contributed by atoms with Gasteiger partial charge in [0.15, 0.2) is 0 Å². The van der Waals surface area contributed by atoms with Gasteiger partial charge in [-0.25, -0.2) is 4.79 Å². The molecule has 1 aromatic carbocycles. The van der Waals surface area contributed by atoms with Crippen LogP contribution in [0.1, 0.15) is 38.7 Å². The SMILES string of the molecule is CC(C)OC(=O)NC1CC=C(c2c[nH]c3cc([N+](=O)[O-])ccc23)CC1. The molecule has 1 atom stereocenters. The molecule has 2 N–H and O–H groups in total. The maximum absolute atomic E-state index is 11.7. The van der Waals surface area contributed by atoms with Crippen molar-refractivity contribution in [2.45, 2.75) is 45.3 Å². The second-order valence-corrected chi connectivity index (χ2v) is 6.49. The van der Waals surface area contributed by atoms with E-state index in [0.717, 1.165) is 35.7 Å². The zero-order valence-electron chi connectivity index (χ0n) is 14.2. The molecule has 3 rings (SSSR count). The molecule has 25 heavy (non-hydrogen) atoms. The number of H-pyrrole nitrogens is 1. The van der Waals surface area contributed by atoms with E-state index in [-0.39, 0.29) is 23.9 Å². The van der Waals surface area contributed by atoms with E-state index in [1.54, 1.807) is 12.1 Å². The monoisotopic (exact) mass is 343 g/mol. The standard InChI is InChI=1S/C18H21N3O4/c1-11(2)25-18(22)20-13-5-3-12(4-6-13)16-10-19-17-9-14(21(23)24)7-8-15(16)17/h3,7-11,13,19H,4-6H2,1-2H3,(H,20,22). The average molecular weight is 343 g/mol. The van der Waals surface area contributed by atoms with E-state index >= 15 is 0 Å². The number of aromatic nitrogens is 1. The molecular formula is C18H21N3O4. The molecule has 0 saturated carbocycles. The van der Waals surface area contributed by atoms with Crippen molar-refractivity contribution >= 4 is 28.3 Å². The maximum atomic E-state index is 11.7. The van der Waals surface area contributed by atoms with Gasteiger partial charge in [0.2, 0.25) is 0 Å². The van der Waals surface area contributed by atoms with Gasteiger partial charge >= 0.3 is 6.09 Å². The Morgan fingerprint density at radius 2 is 2.24 bits per heavy atom. The number of aromatic amines is 1. The zero-order chi connectivity index (χ0) is 18.0. The van der Waals surface area contributed by atoms with Crippen LogP contribution in [-0.4, -0.2) is 28.1 Å². The van der Waals surface area contributed by atoms with Crippen molar-refractivity contribution in [2.24, 2.45) is 0 Å². The van der Waals surface area contributed by atoms with Crippen LogP contribution in [0.3, 0.4) is 0 Å². The third-order valence-electron chi connectivity index (χ3n) is 4.30. The number of ether oxygens (including phenoxy) is 1. The Balaban J connectivity index is 1.72. The number of nitro benzene ring substituents is 1. The molecule has 7 nitrogen and oxygen atoms in total. The lowest BCUT2D eigenvalue weighted by molar-refractivity contribution is -0.384. The summed E-state index contributed by atoms with van der Waals surface area (Å²) in [6.07, 6.45) is 5.90. The van der Waals surface area contributed by atoms with Gasteiger partial charge in [0.25, 0.3) is 5.69 Å². The molecule has 1 aromatic heterocycles. The van der Waals surface area contributed by atoms with Crippen molar-refractivity contribution < 1.29 is 14.5 Å². The predicted molar refractivity (Wildman–Crippen MR) is 95.3 cm³/mol. The van der Waals surface area contributed by atoms with E-state index < -0.39 is 4.92 Å². The number of hydrogen-bond donors (Lipinski definition) is 2. The highest BCUT2D eigenvalue weighted by atomic mass is 16.6. The van der Waals surface area contributed by atoms with Crippen molar-refractivity contribution in [3.8, 4) is 0 Å². The summed E-state index contributed by atoms with van der Waals surface area (Å²) in [5.41, 5.74) is 3.08. The highest BCUT2D eigenvalue weighted by molar-refractivity contribution is 5.93. The van der Waals surface area contributed by atoms with Crippen LogP contribution >= 0.6 is 0 Å². The smallest absolute Gasteiger partial charge is 0.407 e. The third kappa shape index (κ3) is 3.81. The van der Waals surface area contributed by atoms with E-state index in [1.807, 2.05) is 20.0 Å². The normalized spacial score (nSPS) is 17.4. The number of fused-ring (bicyclic) bond motifs is 1. The Bertz CT molecular complexity index is 838. The Kier molecular flexibility index (Phi) is 4.74. The number of nitrogens with one attached hydrogen (secondary N) is 2. The maximum Gasteiger partial charge on any atom is 0.407 e. The van der Waals surface area contributed by atoms with Crippen LogP contribution in [0.25, 0.3) is 16.5 Å². The Morgan fingerprint density at radius 3 is 2.88 bits per heavy atom. The van der Waals surface area contributed by atoms with Crippen LogP contribution in [0.5, 0.6) is 0 Å². The van der Waals surface area contributed by atoms with Gasteiger partial charge in [-0.05, 0) is 44.7 Å². The number of allylic oxidation sites excluding steroid dienone is 1. The van der Waals surface area contributed by atoms with Crippen molar-refractivity contribution in [3.63, 3.8) is 0 Å². The van der Waals surface area contributed by atoms with Gasteiger partial charge in [0, 0.05) is 35.3 Å². The number of nitrogens with zero attached hydrogens (tertiary/aromatic N) is 1. The summed E-state index contributed by atoms with van der Waals surface area (Å²) in [6.45, 7) is 3.64. The first-order valence-electron chi connectivity index (χ1n) is 8.36. The highest BCUT2D eigenvalue weighted by Gasteiger charge is 2.20. The molecule has 0 spiro atoms. The number of hydrogen-bond acceptors (Lipinski definition) is 4. The molecule has 0 radical (unpaired) electrons. The van der Waals surface area contributed by atoms with Gasteiger partial charge in [-0.15, -0.1) is 0 Å². The molecule has 132 valence electrons. The molecule has 1 aliphatic carbocycles. The lowest BCUT2D eigenvalue weighted by Gasteiger charge is -2.23. The van der Waals surface area contributed by atoms with Crippen molar-refractivity contribution in [1.82, 2.24) is 10.3 Å². The highest BCUT2D eigenvalue weighted by Crippen LogP contribution is 2.33. The van der Waals surface area contributed by atoms with E-state index in [4.69, 9.17) is 4.74 Å². The van der Waals surface area contributed by atoms with Crippen LogP contribution in [0, 0.1) is 10.1 Å². The van der Waals surface area contributed by atoms with Gasteiger partial charge in [0.1, 0.15) is 0 Å². The van der Waals surface area contributed by atoms with Crippen LogP contribution in [-0.2, 0) is 4.74 Å². The minimum atomic E-state index is -0.396. The number of carbonyl (C=O) groups excluding carboxylic acids is 1. The molecule has 0 saturated heterocycles. The quantitative estimate of drug-likeness (QED) is 0.644. The number of non-ortho nitro benzene ring substituents is 1. The van der Waals surface area contributed by atoms with Crippen molar-refractivity contribution in [3.05, 3.63) is 46.1 Å². The Morgan fingerprint density at radius 1 is 1.44 bits per heavy atom. The van der Waals surface area contributed by atoms with E-state index in [2.05, 4.69) is 16.4 Å². The fourth-order valence-electron chi connectivity index (χ4n) is 3.12. The average Bonchev–Trinajstić information content (AvgIpc) is 2.97. The summed E-state index contributed by atoms with van der Waals surface area (Å²) in [6, 6.07) is 4.93. The summed E-state index contributed by atoms with van der Waals surface area (Å²) in [5.74, 6) is 0. The Labute approximate surface area is 145 Å². The van der Waals surface area contributed by atoms with Crippen molar-refractivity contribution in [1.29, 1.82) is 0 Å². The van der Waals surface area contributed by atoms with E-state index in [1.165, 1.54) is 11.6 Å². The predicted octanol–water partition coefficient (Wildman–Crippen LogP) is 4.15. The fourth-order valence-corrected chi connectivity index (χ4v) is 3.12. The third-order valence-corrected chi connectivity index (χ3v) is 4.30. The minimum Gasteiger partial charge on any atom is -0.447 e. The van der Waals surface area contributed by atoms with Crippen LogP contribution in [0.15, 0.2) is 30.5 Å². The first-order chi connectivity index (χ1) is 11.9. The van der Waals surface area contributed by atoms with Crippen molar-refractivity contribution in [2.75, 3.05) is 0 Å². The molecule has 0 fully saturated rings. The van der Waals surface area contributed by atoms with Crippen LogP contribution in [0.2, 0.25) is 0 Å². The molecule has 1 aliphatic rings. The van der Waals surface area contributed by atoms with E-state index in [0.29, 0.717) is 0 Å². The van der Waals surface area contributed by atoms with Crippen LogP contribution < -0.4 is 5.32 Å². The largest absolute Gasteiger partial charge is 0.447 e. The zero-order valence-corrected chi connectivity index (χ0v) is 14.2. The number of benzene rings is 1. The summed E-state index contributed by atoms with van der Waals surface area (Å²) in [4.78, 5) is 25.3. The number of alkyl carbamates (subject to hydrolysis) is 1. The summed E-state index contributed by atoms with van der Waals surface area (Å²) in [7, 11) is 0. The second kappa shape index (κ2) is 6.96. The molecular weight excluding hydrogens is 322 g/mol. The summed E-state index contributed by atoms with van der Waals surface area (Å²) < 4.78 is 5.11. The Hall–Kier alpha value is -2.83. The second-order valence-electron chi connectivity index (χ2n) is 6.49. The van der Waals surface area contributed by atoms with Gasteiger partial charge in [-0.3, -0.25) is 10.1 Å². The summed E-state index contributed by atoms with van der Waals surface area (Å²) >= 11 is 0. The molecule has 1 heterocycles. The molecule has 0 bridgehead atoms. The summed E-state index contributed by atoms with van der Waals surface area (Å²) in [5, 5.41) is 14.7. The molecule has 7 heteroatoms.